The first-order chi connectivity index (χ1) is 5.43. The maximum Gasteiger partial charge on any atom is 0.189 e. The van der Waals surface area contributed by atoms with Crippen LogP contribution in [-0.2, 0) is 5.79 Å². The molecule has 1 rings (SSSR count). The molecule has 12 heavy (non-hydrogen) atoms. The smallest absolute Gasteiger partial charge is 0.189 e. The van der Waals surface area contributed by atoms with Gasteiger partial charge >= 0.3 is 0 Å². The Labute approximate surface area is 80.4 Å². The summed E-state index contributed by atoms with van der Waals surface area (Å²) in [6.07, 6.45) is 0. The van der Waals surface area contributed by atoms with Crippen LogP contribution >= 0.6 is 23.2 Å². The van der Waals surface area contributed by atoms with Gasteiger partial charge in [-0.2, -0.15) is 0 Å². The summed E-state index contributed by atoms with van der Waals surface area (Å²) in [5.41, 5.74) is 0.133. The third-order valence-corrected chi connectivity index (χ3v) is 2.07. The largest absolute Gasteiger partial charge is 0.362 e. The molecule has 4 heteroatoms. The Hall–Kier alpha value is -0.280. The van der Waals surface area contributed by atoms with Gasteiger partial charge in [0, 0.05) is 5.56 Å². The van der Waals surface area contributed by atoms with Gasteiger partial charge in [-0.1, -0.05) is 29.3 Å². The minimum Gasteiger partial charge on any atom is -0.362 e. The number of hydrogen-bond donors (Lipinski definition) is 2. The number of benzene rings is 1. The maximum atomic E-state index is 9.24. The van der Waals surface area contributed by atoms with Crippen LogP contribution in [0.5, 0.6) is 0 Å². The number of rotatable bonds is 1. The zero-order valence-corrected chi connectivity index (χ0v) is 7.89. The number of hydrogen-bond acceptors (Lipinski definition) is 2. The molecule has 2 nitrogen and oxygen atoms in total. The highest BCUT2D eigenvalue weighted by atomic mass is 35.5. The quantitative estimate of drug-likeness (QED) is 0.692. The van der Waals surface area contributed by atoms with E-state index in [2.05, 4.69) is 0 Å². The summed E-state index contributed by atoms with van der Waals surface area (Å²) in [6, 6.07) is 4.74. The van der Waals surface area contributed by atoms with E-state index in [9.17, 15) is 10.2 Å². The molecule has 0 radical (unpaired) electrons. The standard InChI is InChI=1S/C8H8Cl2O2/c1-8(11,12)7-5(9)3-2-4-6(7)10/h2-4,11-12H,1H3. The molecule has 0 heterocycles. The fraction of sp³-hybridized carbons (Fsp3) is 0.250. The van der Waals surface area contributed by atoms with Crippen LogP contribution in [-0.4, -0.2) is 10.2 Å². The molecule has 0 bridgehead atoms. The van der Waals surface area contributed by atoms with Crippen LogP contribution in [0.2, 0.25) is 10.0 Å². The van der Waals surface area contributed by atoms with E-state index in [0.717, 1.165) is 0 Å². The van der Waals surface area contributed by atoms with Gasteiger partial charge in [0.25, 0.3) is 0 Å². The molecule has 2 N–H and O–H groups in total. The van der Waals surface area contributed by atoms with Gasteiger partial charge in [0.15, 0.2) is 5.79 Å². The lowest BCUT2D eigenvalue weighted by Crippen LogP contribution is -2.20. The second-order valence-corrected chi connectivity index (χ2v) is 3.43. The molecule has 0 amide bonds. The van der Waals surface area contributed by atoms with Crippen molar-refractivity contribution in [3.05, 3.63) is 33.8 Å². The molecule has 0 aromatic heterocycles. The molecule has 0 aliphatic carbocycles. The Morgan fingerprint density at radius 3 is 1.83 bits per heavy atom. The molecule has 0 aliphatic heterocycles. The topological polar surface area (TPSA) is 40.5 Å². The second-order valence-electron chi connectivity index (χ2n) is 2.62. The first-order valence-corrected chi connectivity index (χ1v) is 4.08. The Morgan fingerprint density at radius 2 is 1.58 bits per heavy atom. The van der Waals surface area contributed by atoms with E-state index in [1.165, 1.54) is 6.92 Å². The second kappa shape index (κ2) is 3.23. The van der Waals surface area contributed by atoms with Crippen molar-refractivity contribution in [3.63, 3.8) is 0 Å². The molecule has 0 saturated heterocycles. The van der Waals surface area contributed by atoms with Gasteiger partial charge in [-0.25, -0.2) is 0 Å². The Kier molecular flexibility index (Phi) is 2.64. The number of aliphatic hydroxyl groups is 2. The van der Waals surface area contributed by atoms with Gasteiger partial charge in [-0.15, -0.1) is 0 Å². The average Bonchev–Trinajstić information content (AvgIpc) is 1.82. The van der Waals surface area contributed by atoms with Crippen LogP contribution in [0, 0.1) is 0 Å². The van der Waals surface area contributed by atoms with Crippen molar-refractivity contribution in [1.82, 2.24) is 0 Å². The maximum absolute atomic E-state index is 9.24. The van der Waals surface area contributed by atoms with Gasteiger partial charge in [-0.05, 0) is 19.1 Å². The van der Waals surface area contributed by atoms with Crippen LogP contribution in [0.3, 0.4) is 0 Å². The molecule has 0 spiro atoms. The predicted molar refractivity (Wildman–Crippen MR) is 48.3 cm³/mol. The van der Waals surface area contributed by atoms with Crippen molar-refractivity contribution in [3.8, 4) is 0 Å². The predicted octanol–water partition coefficient (Wildman–Crippen LogP) is 2.15. The van der Waals surface area contributed by atoms with Crippen molar-refractivity contribution in [2.24, 2.45) is 0 Å². The molecular weight excluding hydrogens is 199 g/mol. The highest BCUT2D eigenvalue weighted by Gasteiger charge is 2.24. The monoisotopic (exact) mass is 206 g/mol. The summed E-state index contributed by atoms with van der Waals surface area (Å²) in [4.78, 5) is 0. The van der Waals surface area contributed by atoms with Crippen LogP contribution in [0.4, 0.5) is 0 Å². The van der Waals surface area contributed by atoms with Crippen molar-refractivity contribution < 1.29 is 10.2 Å². The fourth-order valence-corrected chi connectivity index (χ4v) is 1.71. The van der Waals surface area contributed by atoms with E-state index in [-0.39, 0.29) is 15.6 Å². The van der Waals surface area contributed by atoms with Crippen molar-refractivity contribution in [1.29, 1.82) is 0 Å². The van der Waals surface area contributed by atoms with Crippen LogP contribution in [0.1, 0.15) is 12.5 Å². The lowest BCUT2D eigenvalue weighted by Gasteiger charge is -2.18. The summed E-state index contributed by atoms with van der Waals surface area (Å²) >= 11 is 11.4. The number of halogens is 2. The van der Waals surface area contributed by atoms with E-state index in [4.69, 9.17) is 23.2 Å². The average molecular weight is 207 g/mol. The molecule has 1 aromatic rings. The van der Waals surface area contributed by atoms with E-state index in [1.54, 1.807) is 18.2 Å². The summed E-state index contributed by atoms with van der Waals surface area (Å²) in [6.45, 7) is 1.21. The molecule has 0 aliphatic rings. The molecule has 66 valence electrons. The summed E-state index contributed by atoms with van der Waals surface area (Å²) < 4.78 is 0. The van der Waals surface area contributed by atoms with E-state index in [0.29, 0.717) is 0 Å². The van der Waals surface area contributed by atoms with Crippen LogP contribution in [0.25, 0.3) is 0 Å². The van der Waals surface area contributed by atoms with E-state index < -0.39 is 5.79 Å². The zero-order chi connectivity index (χ0) is 9.35. The normalized spacial score (nSPS) is 11.8. The molecule has 0 unspecified atom stereocenters. The Bertz CT molecular complexity index is 271. The highest BCUT2D eigenvalue weighted by molar-refractivity contribution is 6.36. The van der Waals surface area contributed by atoms with Crippen molar-refractivity contribution >= 4 is 23.2 Å². The fourth-order valence-electron chi connectivity index (χ4n) is 0.950. The molecule has 0 fully saturated rings. The SMILES string of the molecule is CC(O)(O)c1c(Cl)cccc1Cl. The minimum absolute atomic E-state index is 0.133. The van der Waals surface area contributed by atoms with E-state index >= 15 is 0 Å². The lowest BCUT2D eigenvalue weighted by molar-refractivity contribution is -0.152. The van der Waals surface area contributed by atoms with Crippen LogP contribution < -0.4 is 0 Å². The lowest BCUT2D eigenvalue weighted by atomic mass is 10.1. The Balaban J connectivity index is 3.31. The van der Waals surface area contributed by atoms with Crippen molar-refractivity contribution in [2.75, 3.05) is 0 Å². The summed E-state index contributed by atoms with van der Waals surface area (Å²) in [5, 5.41) is 19.0. The van der Waals surface area contributed by atoms with Gasteiger partial charge in [0.2, 0.25) is 0 Å². The van der Waals surface area contributed by atoms with Gasteiger partial charge in [0.1, 0.15) is 0 Å². The molecule has 0 saturated carbocycles. The van der Waals surface area contributed by atoms with Crippen LogP contribution in [0.15, 0.2) is 18.2 Å². The molecule has 0 atom stereocenters. The van der Waals surface area contributed by atoms with Gasteiger partial charge in [0.05, 0.1) is 10.0 Å². The first kappa shape index (κ1) is 9.81. The van der Waals surface area contributed by atoms with Crippen molar-refractivity contribution in [2.45, 2.75) is 12.7 Å². The summed E-state index contributed by atoms with van der Waals surface area (Å²) in [7, 11) is 0. The third-order valence-electron chi connectivity index (χ3n) is 1.44. The molecule has 1 aromatic carbocycles. The molecular formula is C8H8Cl2O2. The highest BCUT2D eigenvalue weighted by Crippen LogP contribution is 2.32. The Morgan fingerprint density at radius 1 is 1.17 bits per heavy atom. The first-order valence-electron chi connectivity index (χ1n) is 3.32. The minimum atomic E-state index is -1.99. The zero-order valence-electron chi connectivity index (χ0n) is 6.38. The van der Waals surface area contributed by atoms with Gasteiger partial charge in [-0.3, -0.25) is 0 Å². The summed E-state index contributed by atoms with van der Waals surface area (Å²) in [5.74, 6) is -1.99. The third kappa shape index (κ3) is 1.90. The van der Waals surface area contributed by atoms with Gasteiger partial charge < -0.3 is 10.2 Å². The van der Waals surface area contributed by atoms with E-state index in [1.807, 2.05) is 0 Å².